The van der Waals surface area contributed by atoms with Crippen molar-refractivity contribution in [3.8, 4) is 11.5 Å². The Labute approximate surface area is 159 Å². The van der Waals surface area contributed by atoms with Crippen molar-refractivity contribution in [2.45, 2.75) is 48.8 Å². The van der Waals surface area contributed by atoms with Crippen molar-refractivity contribution in [1.29, 1.82) is 0 Å². The number of ether oxygens (including phenoxy) is 1. The second kappa shape index (κ2) is 8.80. The molecule has 2 aromatic carbocycles. The smallest absolute Gasteiger partial charge is 0.129 e. The van der Waals surface area contributed by atoms with Crippen LogP contribution >= 0.6 is 11.8 Å². The number of aliphatic hydroxyl groups excluding tert-OH is 1. The first kappa shape index (κ1) is 19.1. The van der Waals surface area contributed by atoms with Crippen LogP contribution in [-0.2, 0) is 6.42 Å². The molecule has 0 radical (unpaired) electrons. The van der Waals surface area contributed by atoms with Gasteiger partial charge in [0.1, 0.15) is 11.5 Å². The number of hydrogen-bond donors (Lipinski definition) is 3. The second-order valence-corrected chi connectivity index (χ2v) is 7.66. The Bertz CT molecular complexity index is 720. The highest BCUT2D eigenvalue weighted by atomic mass is 32.2. The normalized spacial score (nSPS) is 20.9. The first-order valence-corrected chi connectivity index (χ1v) is 10.3. The van der Waals surface area contributed by atoms with Crippen molar-refractivity contribution in [2.24, 2.45) is 0 Å². The molecule has 0 aliphatic carbocycles. The molecule has 1 aliphatic rings. The Morgan fingerprint density at radius 2 is 1.96 bits per heavy atom. The van der Waals surface area contributed by atoms with Crippen LogP contribution in [0.25, 0.3) is 0 Å². The second-order valence-electron chi connectivity index (χ2n) is 6.81. The van der Waals surface area contributed by atoms with Crippen LogP contribution in [0.4, 0.5) is 0 Å². The Kier molecular flexibility index (Phi) is 6.46. The molecular formula is C21H27NO3S. The third kappa shape index (κ3) is 4.53. The number of phenols is 1. The minimum Gasteiger partial charge on any atom is -0.507 e. The Hall–Kier alpha value is -1.69. The molecule has 3 atom stereocenters. The molecule has 2 aromatic rings. The fraction of sp³-hybridized carbons (Fsp3) is 0.429. The summed E-state index contributed by atoms with van der Waals surface area (Å²) in [6.45, 7) is 0. The van der Waals surface area contributed by atoms with Crippen LogP contribution in [0.2, 0.25) is 0 Å². The molecule has 0 saturated carbocycles. The van der Waals surface area contributed by atoms with Crippen molar-refractivity contribution in [1.82, 2.24) is 5.32 Å². The van der Waals surface area contributed by atoms with Crippen LogP contribution in [-0.4, -0.2) is 35.7 Å². The molecule has 3 N–H and O–H groups in total. The molecule has 3 rings (SSSR count). The summed E-state index contributed by atoms with van der Waals surface area (Å²) in [5.74, 6) is 1.15. The lowest BCUT2D eigenvalue weighted by atomic mass is 10.0. The Morgan fingerprint density at radius 1 is 1.19 bits per heavy atom. The number of aliphatic hydroxyl groups is 1. The molecule has 1 heterocycles. The fourth-order valence-electron chi connectivity index (χ4n) is 3.57. The van der Waals surface area contributed by atoms with Crippen LogP contribution in [0.5, 0.6) is 11.5 Å². The lowest BCUT2D eigenvalue weighted by Crippen LogP contribution is -2.34. The van der Waals surface area contributed by atoms with E-state index in [0.717, 1.165) is 41.9 Å². The van der Waals surface area contributed by atoms with E-state index in [-0.39, 0.29) is 11.8 Å². The molecule has 5 heteroatoms. The molecule has 0 spiro atoms. The monoisotopic (exact) mass is 373 g/mol. The van der Waals surface area contributed by atoms with Gasteiger partial charge in [0, 0.05) is 17.0 Å². The van der Waals surface area contributed by atoms with Crippen LogP contribution in [0.3, 0.4) is 0 Å². The van der Waals surface area contributed by atoms with Crippen molar-refractivity contribution < 1.29 is 14.9 Å². The van der Waals surface area contributed by atoms with Gasteiger partial charge in [0.15, 0.2) is 0 Å². The van der Waals surface area contributed by atoms with Gasteiger partial charge in [-0.3, -0.25) is 0 Å². The molecule has 0 amide bonds. The van der Waals surface area contributed by atoms with E-state index in [0.29, 0.717) is 6.04 Å². The third-order valence-corrected chi connectivity index (χ3v) is 5.91. The van der Waals surface area contributed by atoms with E-state index in [2.05, 4.69) is 17.4 Å². The number of methoxy groups -OCH3 is 1. The van der Waals surface area contributed by atoms with Crippen LogP contribution in [0.15, 0.2) is 47.4 Å². The predicted octanol–water partition coefficient (Wildman–Crippen LogP) is 3.91. The standard InChI is InChI=1S/C21H27NO3S/c1-25-17-9-4-14(5-10-17)3-7-16-8-11-18(22-16)21(24)15-6-12-19(23)20(13-15)26-2/h4-6,9-10,12-13,16,18,21-24H,3,7-8,11H2,1-2H3. The first-order valence-electron chi connectivity index (χ1n) is 9.04. The van der Waals surface area contributed by atoms with Gasteiger partial charge in [-0.1, -0.05) is 18.2 Å². The van der Waals surface area contributed by atoms with E-state index in [9.17, 15) is 10.2 Å². The topological polar surface area (TPSA) is 61.7 Å². The largest absolute Gasteiger partial charge is 0.507 e. The van der Waals surface area contributed by atoms with E-state index >= 15 is 0 Å². The van der Waals surface area contributed by atoms with Crippen molar-refractivity contribution in [3.63, 3.8) is 0 Å². The third-order valence-electron chi connectivity index (χ3n) is 5.14. The number of aromatic hydroxyl groups is 1. The van der Waals surface area contributed by atoms with E-state index < -0.39 is 6.10 Å². The number of rotatable bonds is 7. The Balaban J connectivity index is 1.54. The van der Waals surface area contributed by atoms with Gasteiger partial charge in [0.2, 0.25) is 0 Å². The molecule has 1 fully saturated rings. The summed E-state index contributed by atoms with van der Waals surface area (Å²) in [6, 6.07) is 14.1. The average molecular weight is 374 g/mol. The molecule has 0 aromatic heterocycles. The zero-order valence-electron chi connectivity index (χ0n) is 15.3. The van der Waals surface area contributed by atoms with Gasteiger partial charge in [-0.2, -0.15) is 0 Å². The van der Waals surface area contributed by atoms with E-state index in [1.165, 1.54) is 17.3 Å². The summed E-state index contributed by atoms with van der Waals surface area (Å²) in [7, 11) is 1.68. The maximum atomic E-state index is 10.7. The van der Waals surface area contributed by atoms with Crippen molar-refractivity contribution >= 4 is 11.8 Å². The maximum absolute atomic E-state index is 10.7. The zero-order chi connectivity index (χ0) is 18.5. The van der Waals surface area contributed by atoms with Gasteiger partial charge in [-0.25, -0.2) is 0 Å². The number of phenolic OH excluding ortho intramolecular Hbond substituents is 1. The molecule has 3 unspecified atom stereocenters. The molecule has 4 nitrogen and oxygen atoms in total. The van der Waals surface area contributed by atoms with Crippen molar-refractivity contribution in [3.05, 3.63) is 53.6 Å². The lowest BCUT2D eigenvalue weighted by Gasteiger charge is -2.21. The lowest BCUT2D eigenvalue weighted by molar-refractivity contribution is 0.134. The summed E-state index contributed by atoms with van der Waals surface area (Å²) >= 11 is 1.49. The van der Waals surface area contributed by atoms with Crippen LogP contribution < -0.4 is 10.1 Å². The molecule has 0 bridgehead atoms. The number of hydrogen-bond acceptors (Lipinski definition) is 5. The Morgan fingerprint density at radius 3 is 2.65 bits per heavy atom. The van der Waals surface area contributed by atoms with Gasteiger partial charge in [0.05, 0.1) is 13.2 Å². The summed E-state index contributed by atoms with van der Waals surface area (Å²) in [6.07, 6.45) is 5.48. The SMILES string of the molecule is COc1ccc(CCC2CCC(C(O)c3ccc(O)c(SC)c3)N2)cc1. The van der Waals surface area contributed by atoms with Gasteiger partial charge in [-0.05, 0) is 67.3 Å². The number of nitrogens with one attached hydrogen (secondary N) is 1. The highest BCUT2D eigenvalue weighted by molar-refractivity contribution is 7.98. The zero-order valence-corrected chi connectivity index (χ0v) is 16.1. The number of aryl methyl sites for hydroxylation is 1. The quantitative estimate of drug-likeness (QED) is 0.643. The molecule has 26 heavy (non-hydrogen) atoms. The van der Waals surface area contributed by atoms with Gasteiger partial charge in [0.25, 0.3) is 0 Å². The molecular weight excluding hydrogens is 346 g/mol. The van der Waals surface area contributed by atoms with E-state index in [1.54, 1.807) is 13.2 Å². The maximum Gasteiger partial charge on any atom is 0.129 e. The summed E-state index contributed by atoms with van der Waals surface area (Å²) < 4.78 is 5.20. The molecule has 1 aliphatic heterocycles. The molecule has 1 saturated heterocycles. The molecule has 140 valence electrons. The number of thioether (sulfide) groups is 1. The number of benzene rings is 2. The highest BCUT2D eigenvalue weighted by Crippen LogP contribution is 2.33. The van der Waals surface area contributed by atoms with Gasteiger partial charge in [-0.15, -0.1) is 11.8 Å². The van der Waals surface area contributed by atoms with Crippen molar-refractivity contribution in [2.75, 3.05) is 13.4 Å². The minimum absolute atomic E-state index is 0.0649. The predicted molar refractivity (Wildman–Crippen MR) is 106 cm³/mol. The van der Waals surface area contributed by atoms with Gasteiger partial charge < -0.3 is 20.3 Å². The summed E-state index contributed by atoms with van der Waals surface area (Å²) in [4.78, 5) is 0.801. The summed E-state index contributed by atoms with van der Waals surface area (Å²) in [5.41, 5.74) is 2.17. The van der Waals surface area contributed by atoms with Gasteiger partial charge >= 0.3 is 0 Å². The fourth-order valence-corrected chi connectivity index (χ4v) is 4.10. The van der Waals surface area contributed by atoms with Crippen LogP contribution in [0.1, 0.15) is 36.5 Å². The first-order chi connectivity index (χ1) is 12.6. The summed E-state index contributed by atoms with van der Waals surface area (Å²) in [5, 5.41) is 24.1. The van der Waals surface area contributed by atoms with E-state index in [4.69, 9.17) is 4.74 Å². The van der Waals surface area contributed by atoms with E-state index in [1.807, 2.05) is 30.5 Å². The minimum atomic E-state index is -0.549. The highest BCUT2D eigenvalue weighted by Gasteiger charge is 2.30. The van der Waals surface area contributed by atoms with Crippen LogP contribution in [0, 0.1) is 0 Å². The average Bonchev–Trinajstić information content (AvgIpc) is 3.15.